The first-order valence-corrected chi connectivity index (χ1v) is 7.41. The van der Waals surface area contributed by atoms with Gasteiger partial charge in [0.25, 0.3) is 5.91 Å². The number of nitrogens with zero attached hydrogens (tertiary/aromatic N) is 2. The number of hydrogen-bond acceptors (Lipinski definition) is 3. The smallest absolute Gasteiger partial charge is 0.273 e. The zero-order chi connectivity index (χ0) is 15.5. The molecule has 1 aromatic heterocycles. The monoisotopic (exact) mass is 391 g/mol. The molecule has 0 radical (unpaired) electrons. The summed E-state index contributed by atoms with van der Waals surface area (Å²) in [6.45, 7) is 1.83. The minimum Gasteiger partial charge on any atom is -0.328 e. The summed E-state index contributed by atoms with van der Waals surface area (Å²) in [6.07, 6.45) is 1.45. The predicted molar refractivity (Wildman–Crippen MR) is 96.8 cm³/mol. The van der Waals surface area contributed by atoms with Crippen LogP contribution in [0.5, 0.6) is 0 Å². The number of aromatic nitrogens is 1. The fourth-order valence-corrected chi connectivity index (χ4v) is 2.72. The number of piperazine rings is 1. The molecule has 1 aliphatic heterocycles. The molecule has 1 aromatic carbocycles. The molecule has 8 heteroatoms. The summed E-state index contributed by atoms with van der Waals surface area (Å²) in [7, 11) is 0. The van der Waals surface area contributed by atoms with Crippen molar-refractivity contribution in [2.24, 2.45) is 0 Å². The number of carbonyl (C=O) groups is 1. The maximum Gasteiger partial charge on any atom is 0.273 e. The second kappa shape index (κ2) is 9.18. The molecule has 1 N–H and O–H groups in total. The number of rotatable bonds is 2. The second-order valence-corrected chi connectivity index (χ2v) is 5.57. The van der Waals surface area contributed by atoms with Crippen LogP contribution in [0.2, 0.25) is 5.02 Å². The highest BCUT2D eigenvalue weighted by molar-refractivity contribution is 6.30. The Morgan fingerprint density at radius 2 is 2.08 bits per heavy atom. The van der Waals surface area contributed by atoms with Gasteiger partial charge in [0.1, 0.15) is 11.5 Å². The van der Waals surface area contributed by atoms with E-state index in [-0.39, 0.29) is 42.6 Å². The maximum absolute atomic E-state index is 13.5. The van der Waals surface area contributed by atoms with Crippen molar-refractivity contribution in [1.82, 2.24) is 15.2 Å². The predicted octanol–water partition coefficient (Wildman–Crippen LogP) is 3.50. The molecule has 3 rings (SSSR count). The number of hydrogen-bond donors (Lipinski definition) is 1. The lowest BCUT2D eigenvalue weighted by molar-refractivity contribution is 0.0628. The van der Waals surface area contributed by atoms with Gasteiger partial charge in [-0.2, -0.15) is 0 Å². The molecule has 0 spiro atoms. The summed E-state index contributed by atoms with van der Waals surface area (Å²) in [6, 6.07) is 9.38. The normalized spacial score (nSPS) is 16.8. The molecule has 2 aromatic rings. The van der Waals surface area contributed by atoms with Gasteiger partial charge in [-0.3, -0.25) is 4.79 Å². The Balaban J connectivity index is 0.00000144. The van der Waals surface area contributed by atoms with Gasteiger partial charge in [0, 0.05) is 25.8 Å². The average molecular weight is 393 g/mol. The molecule has 2 heterocycles. The molecule has 0 bridgehead atoms. The van der Waals surface area contributed by atoms with E-state index >= 15 is 0 Å². The van der Waals surface area contributed by atoms with E-state index in [4.69, 9.17) is 11.6 Å². The average Bonchev–Trinajstić information content (AvgIpc) is 2.55. The molecule has 130 valence electrons. The first-order chi connectivity index (χ1) is 10.6. The van der Waals surface area contributed by atoms with Crippen molar-refractivity contribution in [3.8, 4) is 0 Å². The number of pyridine rings is 1. The quantitative estimate of drug-likeness (QED) is 0.851. The molecule has 1 atom stereocenters. The minimum absolute atomic E-state index is 0. The third kappa shape index (κ3) is 4.57. The van der Waals surface area contributed by atoms with Crippen molar-refractivity contribution in [1.29, 1.82) is 0 Å². The maximum atomic E-state index is 13.5. The molecule has 1 unspecified atom stereocenters. The van der Waals surface area contributed by atoms with Gasteiger partial charge >= 0.3 is 0 Å². The van der Waals surface area contributed by atoms with Gasteiger partial charge in [-0.25, -0.2) is 9.37 Å². The van der Waals surface area contributed by atoms with Crippen LogP contribution < -0.4 is 5.32 Å². The molecule has 0 saturated carbocycles. The second-order valence-electron chi connectivity index (χ2n) is 5.14. The number of carbonyl (C=O) groups excluding carboxylic acids is 1. The molecule has 24 heavy (non-hydrogen) atoms. The van der Waals surface area contributed by atoms with E-state index in [0.29, 0.717) is 30.4 Å². The van der Waals surface area contributed by atoms with Gasteiger partial charge in [0.15, 0.2) is 0 Å². The number of halogens is 4. The molecular formula is C16H17Cl3FN3O. The molecule has 1 aliphatic rings. The Kier molecular flexibility index (Phi) is 7.90. The van der Waals surface area contributed by atoms with Crippen LogP contribution in [0.3, 0.4) is 0 Å². The molecule has 1 saturated heterocycles. The van der Waals surface area contributed by atoms with Gasteiger partial charge in [-0.1, -0.05) is 23.7 Å². The molecule has 1 amide bonds. The van der Waals surface area contributed by atoms with Crippen molar-refractivity contribution >= 4 is 42.3 Å². The van der Waals surface area contributed by atoms with Crippen LogP contribution in [0.1, 0.15) is 22.1 Å². The summed E-state index contributed by atoms with van der Waals surface area (Å²) >= 11 is 5.81. The van der Waals surface area contributed by atoms with Gasteiger partial charge in [0.2, 0.25) is 0 Å². The van der Waals surface area contributed by atoms with Gasteiger partial charge in [-0.05, 0) is 29.8 Å². The molecular weight excluding hydrogens is 376 g/mol. The summed E-state index contributed by atoms with van der Waals surface area (Å²) in [5.74, 6) is -0.479. The lowest BCUT2D eigenvalue weighted by Gasteiger charge is -2.36. The van der Waals surface area contributed by atoms with Crippen molar-refractivity contribution in [2.45, 2.75) is 6.04 Å². The van der Waals surface area contributed by atoms with Crippen LogP contribution in [0.25, 0.3) is 0 Å². The number of amides is 1. The highest BCUT2D eigenvalue weighted by atomic mass is 35.5. The SMILES string of the molecule is Cl.Cl.O=C(c1ccc(Cl)cn1)N1CCNCC1c1cccc(F)c1. The Bertz CT molecular complexity index is 685. The van der Waals surface area contributed by atoms with Crippen molar-refractivity contribution < 1.29 is 9.18 Å². The largest absolute Gasteiger partial charge is 0.328 e. The zero-order valence-corrected chi connectivity index (χ0v) is 15.0. The van der Waals surface area contributed by atoms with E-state index in [2.05, 4.69) is 10.3 Å². The van der Waals surface area contributed by atoms with Crippen LogP contribution in [0, 0.1) is 5.82 Å². The van der Waals surface area contributed by atoms with E-state index in [1.807, 2.05) is 6.07 Å². The van der Waals surface area contributed by atoms with E-state index in [0.717, 1.165) is 5.56 Å². The summed E-state index contributed by atoms with van der Waals surface area (Å²) in [4.78, 5) is 18.5. The Hall–Kier alpha value is -1.40. The van der Waals surface area contributed by atoms with Crippen LogP contribution in [0.15, 0.2) is 42.6 Å². The van der Waals surface area contributed by atoms with Gasteiger partial charge in [0.05, 0.1) is 11.1 Å². The molecule has 4 nitrogen and oxygen atoms in total. The fraction of sp³-hybridized carbons (Fsp3) is 0.250. The van der Waals surface area contributed by atoms with Crippen LogP contribution >= 0.6 is 36.4 Å². The Labute approximate surface area is 157 Å². The standard InChI is InChI=1S/C16H15ClFN3O.2ClH/c17-12-4-5-14(20-9-12)16(22)21-7-6-19-10-15(21)11-2-1-3-13(18)8-11;;/h1-5,8-9,15,19H,6-7,10H2;2*1H. The highest BCUT2D eigenvalue weighted by Gasteiger charge is 2.29. The van der Waals surface area contributed by atoms with Crippen LogP contribution in [-0.2, 0) is 0 Å². The third-order valence-corrected chi connectivity index (χ3v) is 3.91. The van der Waals surface area contributed by atoms with E-state index in [9.17, 15) is 9.18 Å². The number of nitrogens with one attached hydrogen (secondary N) is 1. The topological polar surface area (TPSA) is 45.2 Å². The Morgan fingerprint density at radius 1 is 1.29 bits per heavy atom. The zero-order valence-electron chi connectivity index (χ0n) is 12.6. The van der Waals surface area contributed by atoms with Crippen LogP contribution in [0.4, 0.5) is 4.39 Å². The summed E-state index contributed by atoms with van der Waals surface area (Å²) in [5.41, 5.74) is 1.11. The first-order valence-electron chi connectivity index (χ1n) is 7.04. The van der Waals surface area contributed by atoms with E-state index < -0.39 is 0 Å². The lowest BCUT2D eigenvalue weighted by Crippen LogP contribution is -2.48. The van der Waals surface area contributed by atoms with E-state index in [1.54, 1.807) is 23.1 Å². The van der Waals surface area contributed by atoms with E-state index in [1.165, 1.54) is 18.3 Å². The Morgan fingerprint density at radius 3 is 2.75 bits per heavy atom. The van der Waals surface area contributed by atoms with Gasteiger partial charge in [-0.15, -0.1) is 24.8 Å². The molecule has 0 aliphatic carbocycles. The third-order valence-electron chi connectivity index (χ3n) is 3.68. The van der Waals surface area contributed by atoms with Crippen molar-refractivity contribution in [2.75, 3.05) is 19.6 Å². The highest BCUT2D eigenvalue weighted by Crippen LogP contribution is 2.24. The van der Waals surface area contributed by atoms with Crippen molar-refractivity contribution in [3.05, 3.63) is 64.7 Å². The lowest BCUT2D eigenvalue weighted by atomic mass is 10.0. The minimum atomic E-state index is -0.305. The fourth-order valence-electron chi connectivity index (χ4n) is 2.61. The molecule has 1 fully saturated rings. The first kappa shape index (κ1) is 20.6. The van der Waals surface area contributed by atoms with Crippen molar-refractivity contribution in [3.63, 3.8) is 0 Å². The van der Waals surface area contributed by atoms with Crippen LogP contribution in [-0.4, -0.2) is 35.4 Å². The number of benzene rings is 1. The van der Waals surface area contributed by atoms with Gasteiger partial charge < -0.3 is 10.2 Å². The summed E-state index contributed by atoms with van der Waals surface area (Å²) in [5, 5.41) is 3.73. The summed E-state index contributed by atoms with van der Waals surface area (Å²) < 4.78 is 13.5.